The van der Waals surface area contributed by atoms with Crippen molar-refractivity contribution in [2.75, 3.05) is 20.8 Å². The highest BCUT2D eigenvalue weighted by molar-refractivity contribution is 5.79. The van der Waals surface area contributed by atoms with E-state index in [-0.39, 0.29) is 0 Å². The van der Waals surface area contributed by atoms with E-state index in [0.29, 0.717) is 0 Å². The fraction of sp³-hybridized carbons (Fsp3) is 0.533. The third-order valence-electron chi connectivity index (χ3n) is 3.59. The Balaban J connectivity index is 2.22. The maximum absolute atomic E-state index is 8.07. The third kappa shape index (κ3) is 2.83. The molecule has 4 heteroatoms. The SMILES string of the molecule is CCCC(=N)N1CCc2cc(OC)c(OC)cc2C1. The van der Waals surface area contributed by atoms with Crippen molar-refractivity contribution in [3.63, 3.8) is 0 Å². The van der Waals surface area contributed by atoms with Crippen molar-refractivity contribution in [3.8, 4) is 11.5 Å². The van der Waals surface area contributed by atoms with Gasteiger partial charge < -0.3 is 14.4 Å². The summed E-state index contributed by atoms with van der Waals surface area (Å²) in [6.07, 6.45) is 2.83. The van der Waals surface area contributed by atoms with E-state index in [0.717, 1.165) is 49.7 Å². The molecule has 0 radical (unpaired) electrons. The van der Waals surface area contributed by atoms with Crippen LogP contribution in [0, 0.1) is 5.41 Å². The Kier molecular flexibility index (Phi) is 4.30. The molecule has 1 aliphatic rings. The van der Waals surface area contributed by atoms with Crippen LogP contribution in [0.25, 0.3) is 0 Å². The van der Waals surface area contributed by atoms with Gasteiger partial charge in [0, 0.05) is 19.5 Å². The number of benzene rings is 1. The molecule has 0 aliphatic carbocycles. The Hall–Kier alpha value is -1.71. The summed E-state index contributed by atoms with van der Waals surface area (Å²) in [5.41, 5.74) is 2.54. The largest absolute Gasteiger partial charge is 0.493 e. The average molecular weight is 262 g/mol. The second-order valence-electron chi connectivity index (χ2n) is 4.84. The monoisotopic (exact) mass is 262 g/mol. The van der Waals surface area contributed by atoms with Crippen LogP contribution in [0.4, 0.5) is 0 Å². The lowest BCUT2D eigenvalue weighted by Crippen LogP contribution is -2.35. The molecule has 0 saturated heterocycles. The minimum absolute atomic E-state index is 0.739. The van der Waals surface area contributed by atoms with Crippen LogP contribution < -0.4 is 9.47 Å². The maximum Gasteiger partial charge on any atom is 0.161 e. The maximum atomic E-state index is 8.07. The van der Waals surface area contributed by atoms with Gasteiger partial charge in [0.1, 0.15) is 0 Å². The highest BCUT2D eigenvalue weighted by Crippen LogP contribution is 2.33. The Labute approximate surface area is 114 Å². The number of rotatable bonds is 4. The van der Waals surface area contributed by atoms with Gasteiger partial charge in [-0.1, -0.05) is 6.92 Å². The van der Waals surface area contributed by atoms with E-state index in [1.165, 1.54) is 11.1 Å². The molecule has 1 heterocycles. The minimum Gasteiger partial charge on any atom is -0.493 e. The van der Waals surface area contributed by atoms with E-state index in [9.17, 15) is 0 Å². The lowest BCUT2D eigenvalue weighted by molar-refractivity contribution is 0.346. The molecule has 2 rings (SSSR count). The van der Waals surface area contributed by atoms with Gasteiger partial charge in [0.05, 0.1) is 20.1 Å². The summed E-state index contributed by atoms with van der Waals surface area (Å²) in [6, 6.07) is 4.11. The highest BCUT2D eigenvalue weighted by atomic mass is 16.5. The quantitative estimate of drug-likeness (QED) is 0.670. The first kappa shape index (κ1) is 13.7. The molecular weight excluding hydrogens is 240 g/mol. The average Bonchev–Trinajstić information content (AvgIpc) is 2.45. The summed E-state index contributed by atoms with van der Waals surface area (Å²) >= 11 is 0. The number of methoxy groups -OCH3 is 2. The number of hydrogen-bond acceptors (Lipinski definition) is 3. The van der Waals surface area contributed by atoms with Crippen molar-refractivity contribution < 1.29 is 9.47 Å². The first-order valence-electron chi connectivity index (χ1n) is 6.75. The second-order valence-corrected chi connectivity index (χ2v) is 4.84. The molecule has 1 aromatic rings. The van der Waals surface area contributed by atoms with Crippen LogP contribution in [0.3, 0.4) is 0 Å². The van der Waals surface area contributed by atoms with Crippen LogP contribution in [-0.4, -0.2) is 31.5 Å². The van der Waals surface area contributed by atoms with Crippen molar-refractivity contribution in [1.82, 2.24) is 4.90 Å². The summed E-state index contributed by atoms with van der Waals surface area (Å²) in [7, 11) is 3.32. The van der Waals surface area contributed by atoms with E-state index in [1.807, 2.05) is 6.07 Å². The van der Waals surface area contributed by atoms with Gasteiger partial charge in [-0.3, -0.25) is 5.41 Å². The fourth-order valence-corrected chi connectivity index (χ4v) is 2.51. The van der Waals surface area contributed by atoms with Gasteiger partial charge in [-0.25, -0.2) is 0 Å². The predicted octanol–water partition coefficient (Wildman–Crippen LogP) is 2.84. The second kappa shape index (κ2) is 5.95. The van der Waals surface area contributed by atoms with Crippen molar-refractivity contribution in [2.45, 2.75) is 32.7 Å². The smallest absolute Gasteiger partial charge is 0.161 e. The zero-order valence-electron chi connectivity index (χ0n) is 12.0. The van der Waals surface area contributed by atoms with Crippen molar-refractivity contribution in [1.29, 1.82) is 5.41 Å². The molecule has 0 bridgehead atoms. The zero-order chi connectivity index (χ0) is 13.8. The molecule has 4 nitrogen and oxygen atoms in total. The number of amidine groups is 1. The fourth-order valence-electron chi connectivity index (χ4n) is 2.51. The molecular formula is C15H22N2O2. The van der Waals surface area contributed by atoms with Gasteiger partial charge in [-0.15, -0.1) is 0 Å². The van der Waals surface area contributed by atoms with Crippen molar-refractivity contribution >= 4 is 5.84 Å². The Morgan fingerprint density at radius 1 is 1.21 bits per heavy atom. The Morgan fingerprint density at radius 2 is 1.84 bits per heavy atom. The van der Waals surface area contributed by atoms with Crippen molar-refractivity contribution in [2.24, 2.45) is 0 Å². The van der Waals surface area contributed by atoms with E-state index < -0.39 is 0 Å². The first-order valence-corrected chi connectivity index (χ1v) is 6.75. The van der Waals surface area contributed by atoms with Crippen LogP contribution in [0.1, 0.15) is 30.9 Å². The molecule has 1 N–H and O–H groups in total. The molecule has 0 saturated carbocycles. The number of ether oxygens (including phenoxy) is 2. The van der Waals surface area contributed by atoms with Gasteiger partial charge in [0.25, 0.3) is 0 Å². The molecule has 0 amide bonds. The normalized spacial score (nSPS) is 13.9. The van der Waals surface area contributed by atoms with Crippen LogP contribution in [0.5, 0.6) is 11.5 Å². The standard InChI is InChI=1S/C15H22N2O2/c1-4-5-15(16)17-7-6-11-8-13(18-2)14(19-3)9-12(11)10-17/h8-9,16H,4-7,10H2,1-3H3. The third-order valence-corrected chi connectivity index (χ3v) is 3.59. The molecule has 1 aliphatic heterocycles. The molecule has 0 aromatic heterocycles. The van der Waals surface area contributed by atoms with Gasteiger partial charge in [0.15, 0.2) is 11.5 Å². The Bertz CT molecular complexity index is 471. The van der Waals surface area contributed by atoms with E-state index in [4.69, 9.17) is 14.9 Å². The lowest BCUT2D eigenvalue weighted by atomic mass is 9.98. The summed E-state index contributed by atoms with van der Waals surface area (Å²) in [5.74, 6) is 2.30. The van der Waals surface area contributed by atoms with Crippen LogP contribution >= 0.6 is 0 Å². The minimum atomic E-state index is 0.739. The van der Waals surface area contributed by atoms with Gasteiger partial charge in [-0.2, -0.15) is 0 Å². The summed E-state index contributed by atoms with van der Waals surface area (Å²) < 4.78 is 10.7. The first-order chi connectivity index (χ1) is 9.19. The van der Waals surface area contributed by atoms with Crippen LogP contribution in [0.2, 0.25) is 0 Å². The molecule has 0 unspecified atom stereocenters. The summed E-state index contributed by atoms with van der Waals surface area (Å²) in [4.78, 5) is 2.15. The van der Waals surface area contributed by atoms with Gasteiger partial charge in [0.2, 0.25) is 0 Å². The molecule has 104 valence electrons. The zero-order valence-corrected chi connectivity index (χ0v) is 12.0. The van der Waals surface area contributed by atoms with Crippen LogP contribution in [-0.2, 0) is 13.0 Å². The number of nitrogens with zero attached hydrogens (tertiary/aromatic N) is 1. The van der Waals surface area contributed by atoms with E-state index in [1.54, 1.807) is 14.2 Å². The van der Waals surface area contributed by atoms with Crippen molar-refractivity contribution in [3.05, 3.63) is 23.3 Å². The summed E-state index contributed by atoms with van der Waals surface area (Å²) in [6.45, 7) is 3.83. The topological polar surface area (TPSA) is 45.6 Å². The van der Waals surface area contributed by atoms with Crippen LogP contribution in [0.15, 0.2) is 12.1 Å². The molecule has 0 spiro atoms. The number of nitrogens with one attached hydrogen (secondary N) is 1. The Morgan fingerprint density at radius 3 is 2.42 bits per heavy atom. The van der Waals surface area contributed by atoms with E-state index >= 15 is 0 Å². The van der Waals surface area contributed by atoms with E-state index in [2.05, 4.69) is 17.9 Å². The number of fused-ring (bicyclic) bond motifs is 1. The predicted molar refractivity (Wildman–Crippen MR) is 76.3 cm³/mol. The molecule has 1 aromatic carbocycles. The number of hydrogen-bond donors (Lipinski definition) is 1. The highest BCUT2D eigenvalue weighted by Gasteiger charge is 2.20. The molecule has 0 atom stereocenters. The van der Waals surface area contributed by atoms with Gasteiger partial charge >= 0.3 is 0 Å². The molecule has 19 heavy (non-hydrogen) atoms. The van der Waals surface area contributed by atoms with Gasteiger partial charge in [-0.05, 0) is 36.1 Å². The summed E-state index contributed by atoms with van der Waals surface area (Å²) in [5, 5.41) is 8.07. The molecule has 0 fully saturated rings. The lowest BCUT2D eigenvalue weighted by Gasteiger charge is -2.31.